The number of aromatic nitrogens is 1. The summed E-state index contributed by atoms with van der Waals surface area (Å²) >= 11 is 1.47. The molecule has 1 aliphatic heterocycles. The van der Waals surface area contributed by atoms with Crippen molar-refractivity contribution in [2.45, 2.75) is 59.5 Å². The Morgan fingerprint density at radius 3 is 2.40 bits per heavy atom. The maximum Gasteiger partial charge on any atom is 0.198 e. The van der Waals surface area contributed by atoms with Crippen LogP contribution in [0.4, 0.5) is 10.8 Å². The molecule has 0 bridgehead atoms. The van der Waals surface area contributed by atoms with Gasteiger partial charge in [-0.25, -0.2) is 0 Å². The van der Waals surface area contributed by atoms with Crippen LogP contribution in [0, 0.1) is 5.41 Å². The van der Waals surface area contributed by atoms with Crippen molar-refractivity contribution < 1.29 is 4.74 Å². The number of nitrogens with two attached hydrogens (primary N) is 1. The van der Waals surface area contributed by atoms with Gasteiger partial charge in [0.1, 0.15) is 0 Å². The smallest absolute Gasteiger partial charge is 0.198 e. The summed E-state index contributed by atoms with van der Waals surface area (Å²) in [5.74, 6) is 1.31. The summed E-state index contributed by atoms with van der Waals surface area (Å²) in [4.78, 5) is 2.40. The van der Waals surface area contributed by atoms with Gasteiger partial charge in [-0.05, 0) is 43.6 Å². The molecule has 0 atom stereocenters. The molecule has 20 heavy (non-hydrogen) atoms. The van der Waals surface area contributed by atoms with Crippen LogP contribution in [0.2, 0.25) is 0 Å². The van der Waals surface area contributed by atoms with Gasteiger partial charge < -0.3 is 15.4 Å². The number of nitrogen functional groups attached to an aromatic ring is 1. The van der Waals surface area contributed by atoms with Crippen molar-refractivity contribution in [1.29, 1.82) is 0 Å². The SMILES string of the molecule is CCC1(CC)CCN(c2snc(N)c2OC(C)C)CC1. The van der Waals surface area contributed by atoms with E-state index < -0.39 is 0 Å². The van der Waals surface area contributed by atoms with Crippen molar-refractivity contribution >= 4 is 22.4 Å². The second kappa shape index (κ2) is 6.20. The first-order valence-electron chi connectivity index (χ1n) is 7.68. The highest BCUT2D eigenvalue weighted by Crippen LogP contribution is 2.44. The Hall–Kier alpha value is -0.970. The van der Waals surface area contributed by atoms with E-state index in [1.54, 1.807) is 0 Å². The Balaban J connectivity index is 2.11. The Bertz CT molecular complexity index is 430. The van der Waals surface area contributed by atoms with Crippen LogP contribution in [0.5, 0.6) is 5.75 Å². The van der Waals surface area contributed by atoms with E-state index in [4.69, 9.17) is 10.5 Å². The van der Waals surface area contributed by atoms with Crippen LogP contribution in [-0.4, -0.2) is 23.6 Å². The molecule has 1 saturated heterocycles. The molecule has 2 heterocycles. The molecule has 0 aromatic carbocycles. The van der Waals surface area contributed by atoms with E-state index in [1.807, 2.05) is 13.8 Å². The van der Waals surface area contributed by atoms with Crippen molar-refractivity contribution in [1.82, 2.24) is 4.37 Å². The maximum atomic E-state index is 5.95. The number of anilines is 2. The van der Waals surface area contributed by atoms with Crippen molar-refractivity contribution in [3.63, 3.8) is 0 Å². The molecule has 2 N–H and O–H groups in total. The second-order valence-electron chi connectivity index (χ2n) is 6.06. The van der Waals surface area contributed by atoms with Gasteiger partial charge in [-0.2, -0.15) is 4.37 Å². The lowest BCUT2D eigenvalue weighted by Crippen LogP contribution is -2.39. The number of nitrogens with zero attached hydrogens (tertiary/aromatic N) is 2. The molecule has 2 rings (SSSR count). The fourth-order valence-electron chi connectivity index (χ4n) is 2.97. The predicted octanol–water partition coefficient (Wildman–Crippen LogP) is 3.92. The van der Waals surface area contributed by atoms with E-state index in [1.165, 1.54) is 37.2 Å². The molecule has 0 aliphatic carbocycles. The molecule has 1 aromatic heterocycles. The zero-order chi connectivity index (χ0) is 14.8. The number of ether oxygens (including phenoxy) is 1. The third-order valence-corrected chi connectivity index (χ3v) is 5.53. The summed E-state index contributed by atoms with van der Waals surface area (Å²) < 4.78 is 10.1. The quantitative estimate of drug-likeness (QED) is 0.895. The van der Waals surface area contributed by atoms with Crippen molar-refractivity contribution in [2.24, 2.45) is 5.41 Å². The molecule has 0 saturated carbocycles. The zero-order valence-corrected chi connectivity index (χ0v) is 13.9. The fraction of sp³-hybridized carbons (Fsp3) is 0.800. The van der Waals surface area contributed by atoms with Crippen LogP contribution < -0.4 is 15.4 Å². The standard InChI is InChI=1S/C15H27N3OS/c1-5-15(6-2)7-9-18(10-8-15)14-12(19-11(3)4)13(16)17-20-14/h11H,5-10H2,1-4H3,(H2,16,17). The topological polar surface area (TPSA) is 51.4 Å². The molecule has 5 heteroatoms. The molecule has 1 aromatic rings. The largest absolute Gasteiger partial charge is 0.484 e. The maximum absolute atomic E-state index is 5.95. The molecule has 0 spiro atoms. The fourth-order valence-corrected chi connectivity index (χ4v) is 3.78. The van der Waals surface area contributed by atoms with Gasteiger partial charge in [0.25, 0.3) is 0 Å². The highest BCUT2D eigenvalue weighted by atomic mass is 32.1. The Labute approximate surface area is 126 Å². The van der Waals surface area contributed by atoms with Crippen molar-refractivity contribution in [3.05, 3.63) is 0 Å². The third-order valence-electron chi connectivity index (χ3n) is 4.62. The van der Waals surface area contributed by atoms with E-state index in [9.17, 15) is 0 Å². The normalized spacial score (nSPS) is 18.6. The summed E-state index contributed by atoms with van der Waals surface area (Å²) in [7, 11) is 0. The molecule has 1 fully saturated rings. The van der Waals surface area contributed by atoms with Gasteiger partial charge in [0.05, 0.1) is 6.10 Å². The lowest BCUT2D eigenvalue weighted by molar-refractivity contribution is 0.198. The van der Waals surface area contributed by atoms with Gasteiger partial charge in [0.2, 0.25) is 0 Å². The summed E-state index contributed by atoms with van der Waals surface area (Å²) in [6, 6.07) is 0. The molecule has 0 radical (unpaired) electrons. The predicted molar refractivity (Wildman–Crippen MR) is 86.8 cm³/mol. The van der Waals surface area contributed by atoms with Crippen molar-refractivity contribution in [3.8, 4) is 5.75 Å². The molecular weight excluding hydrogens is 270 g/mol. The number of hydrogen-bond donors (Lipinski definition) is 1. The first-order valence-corrected chi connectivity index (χ1v) is 8.45. The second-order valence-corrected chi connectivity index (χ2v) is 6.81. The molecule has 1 aliphatic rings. The highest BCUT2D eigenvalue weighted by Gasteiger charge is 2.33. The van der Waals surface area contributed by atoms with Crippen LogP contribution in [0.25, 0.3) is 0 Å². The van der Waals surface area contributed by atoms with E-state index in [0.29, 0.717) is 11.2 Å². The third kappa shape index (κ3) is 3.03. The van der Waals surface area contributed by atoms with Crippen LogP contribution in [0.1, 0.15) is 53.4 Å². The van der Waals surface area contributed by atoms with E-state index in [-0.39, 0.29) is 6.10 Å². The Morgan fingerprint density at radius 1 is 1.30 bits per heavy atom. The first kappa shape index (κ1) is 15.4. The van der Waals surface area contributed by atoms with Crippen molar-refractivity contribution in [2.75, 3.05) is 23.7 Å². The average Bonchev–Trinajstić information content (AvgIpc) is 2.80. The zero-order valence-electron chi connectivity index (χ0n) is 13.1. The van der Waals surface area contributed by atoms with E-state index >= 15 is 0 Å². The van der Waals surface area contributed by atoms with Gasteiger partial charge in [-0.3, -0.25) is 0 Å². The molecule has 4 nitrogen and oxygen atoms in total. The van der Waals surface area contributed by atoms with Gasteiger partial charge in [0.15, 0.2) is 16.6 Å². The highest BCUT2D eigenvalue weighted by molar-refractivity contribution is 7.11. The minimum absolute atomic E-state index is 0.127. The van der Waals surface area contributed by atoms with Crippen LogP contribution in [0.15, 0.2) is 0 Å². The first-order chi connectivity index (χ1) is 9.51. The monoisotopic (exact) mass is 297 g/mol. The van der Waals surface area contributed by atoms with Gasteiger partial charge >= 0.3 is 0 Å². The van der Waals surface area contributed by atoms with E-state index in [2.05, 4.69) is 23.1 Å². The van der Waals surface area contributed by atoms with Gasteiger partial charge in [0, 0.05) is 13.1 Å². The molecular formula is C15H27N3OS. The Kier molecular flexibility index (Phi) is 4.78. The number of hydrogen-bond acceptors (Lipinski definition) is 5. The summed E-state index contributed by atoms with van der Waals surface area (Å²) in [6.07, 6.45) is 5.18. The minimum Gasteiger partial charge on any atom is -0.484 e. The van der Waals surface area contributed by atoms with Crippen LogP contribution in [-0.2, 0) is 0 Å². The summed E-state index contributed by atoms with van der Waals surface area (Å²) in [6.45, 7) is 10.8. The molecule has 114 valence electrons. The van der Waals surface area contributed by atoms with Gasteiger partial charge in [-0.1, -0.05) is 26.7 Å². The molecule has 0 unspecified atom stereocenters. The summed E-state index contributed by atoms with van der Waals surface area (Å²) in [5.41, 5.74) is 6.48. The Morgan fingerprint density at radius 2 is 1.90 bits per heavy atom. The number of piperidine rings is 1. The number of rotatable bonds is 5. The van der Waals surface area contributed by atoms with Gasteiger partial charge in [-0.15, -0.1) is 0 Å². The summed E-state index contributed by atoms with van der Waals surface area (Å²) in [5, 5.41) is 1.11. The van der Waals surface area contributed by atoms with Crippen LogP contribution >= 0.6 is 11.5 Å². The van der Waals surface area contributed by atoms with Crippen LogP contribution in [0.3, 0.4) is 0 Å². The van der Waals surface area contributed by atoms with E-state index in [0.717, 1.165) is 23.8 Å². The average molecular weight is 297 g/mol. The molecule has 0 amide bonds. The lowest BCUT2D eigenvalue weighted by atomic mass is 9.74. The lowest BCUT2D eigenvalue weighted by Gasteiger charge is -2.41. The minimum atomic E-state index is 0.127.